The number of nitrogens with one attached hydrogen (secondary N) is 1. The molecule has 4 nitrogen and oxygen atoms in total. The summed E-state index contributed by atoms with van der Waals surface area (Å²) >= 11 is 0. The van der Waals surface area contributed by atoms with E-state index in [1.54, 1.807) is 4.90 Å². The Morgan fingerprint density at radius 1 is 0.958 bits per heavy atom. The van der Waals surface area contributed by atoms with Crippen LogP contribution in [0.3, 0.4) is 0 Å². The van der Waals surface area contributed by atoms with E-state index in [1.807, 2.05) is 48.5 Å². The number of fused-ring (bicyclic) bond motifs is 6. The fourth-order valence-electron chi connectivity index (χ4n) is 4.11. The summed E-state index contributed by atoms with van der Waals surface area (Å²) in [5, 5.41) is 3.44. The summed E-state index contributed by atoms with van der Waals surface area (Å²) in [6, 6.07) is 15.1. The van der Waals surface area contributed by atoms with Gasteiger partial charge < -0.3 is 5.32 Å². The van der Waals surface area contributed by atoms with Gasteiger partial charge in [0.2, 0.25) is 0 Å². The molecule has 24 heavy (non-hydrogen) atoms. The SMILES string of the molecule is O=C1CCCC2=C1[C@@H]1c3ccccc3C(=O)N1c1ccccc1N2. The number of nitrogens with zero attached hydrogens (tertiary/aromatic N) is 1. The fraction of sp³-hybridized carbons (Fsp3) is 0.200. The molecular formula is C20H16N2O2. The van der Waals surface area contributed by atoms with Crippen LogP contribution in [0.5, 0.6) is 0 Å². The second kappa shape index (κ2) is 4.81. The Kier molecular flexibility index (Phi) is 2.71. The van der Waals surface area contributed by atoms with E-state index in [1.165, 1.54) is 0 Å². The topological polar surface area (TPSA) is 49.4 Å². The number of Topliss-reactive ketones (excluding diaryl/α,β-unsaturated/α-hetero) is 1. The number of rotatable bonds is 0. The summed E-state index contributed by atoms with van der Waals surface area (Å²) in [4.78, 5) is 27.6. The average molecular weight is 316 g/mol. The highest BCUT2D eigenvalue weighted by molar-refractivity contribution is 6.16. The molecular weight excluding hydrogens is 300 g/mol. The summed E-state index contributed by atoms with van der Waals surface area (Å²) in [6.45, 7) is 0. The molecule has 0 spiro atoms. The summed E-state index contributed by atoms with van der Waals surface area (Å²) in [5.74, 6) is 0.119. The van der Waals surface area contributed by atoms with Crippen molar-refractivity contribution in [2.75, 3.05) is 10.2 Å². The van der Waals surface area contributed by atoms with Gasteiger partial charge in [0.05, 0.1) is 17.4 Å². The van der Waals surface area contributed by atoms with Gasteiger partial charge in [0.15, 0.2) is 5.78 Å². The number of ketones is 1. The largest absolute Gasteiger partial charge is 0.357 e. The highest BCUT2D eigenvalue weighted by atomic mass is 16.2. The zero-order chi connectivity index (χ0) is 16.3. The van der Waals surface area contributed by atoms with Crippen LogP contribution in [0.25, 0.3) is 0 Å². The Bertz CT molecular complexity index is 929. The van der Waals surface area contributed by atoms with Crippen molar-refractivity contribution in [3.05, 3.63) is 70.9 Å². The number of benzene rings is 2. The van der Waals surface area contributed by atoms with Crippen LogP contribution in [0.1, 0.15) is 41.2 Å². The molecule has 2 aromatic carbocycles. The van der Waals surface area contributed by atoms with Gasteiger partial charge in [-0.25, -0.2) is 0 Å². The van der Waals surface area contributed by atoms with Gasteiger partial charge in [-0.1, -0.05) is 30.3 Å². The molecule has 0 fully saturated rings. The van der Waals surface area contributed by atoms with Gasteiger partial charge in [-0.05, 0) is 36.6 Å². The van der Waals surface area contributed by atoms with Crippen molar-refractivity contribution in [1.29, 1.82) is 0 Å². The zero-order valence-corrected chi connectivity index (χ0v) is 13.1. The van der Waals surface area contributed by atoms with Crippen LogP contribution >= 0.6 is 0 Å². The van der Waals surface area contributed by atoms with Crippen molar-refractivity contribution < 1.29 is 9.59 Å². The summed E-state index contributed by atoms with van der Waals surface area (Å²) in [6.07, 6.45) is 2.25. The molecule has 2 aromatic rings. The minimum absolute atomic E-state index is 0.0306. The number of para-hydroxylation sites is 2. The molecule has 2 heterocycles. The second-order valence-corrected chi connectivity index (χ2v) is 6.48. The van der Waals surface area contributed by atoms with Gasteiger partial charge in [-0.15, -0.1) is 0 Å². The molecule has 1 aliphatic carbocycles. The molecule has 0 radical (unpaired) electrons. The third kappa shape index (κ3) is 1.68. The first-order valence-electron chi connectivity index (χ1n) is 8.30. The van der Waals surface area contributed by atoms with E-state index >= 15 is 0 Å². The number of carbonyl (C=O) groups excluding carboxylic acids is 2. The van der Waals surface area contributed by atoms with Crippen LogP contribution < -0.4 is 10.2 Å². The van der Waals surface area contributed by atoms with Gasteiger partial charge in [-0.2, -0.15) is 0 Å². The first kappa shape index (κ1) is 13.5. The van der Waals surface area contributed by atoms with E-state index in [9.17, 15) is 9.59 Å². The Labute approximate surface area is 139 Å². The summed E-state index contributed by atoms with van der Waals surface area (Å²) in [5.41, 5.74) is 5.09. The lowest BCUT2D eigenvalue weighted by atomic mass is 9.86. The van der Waals surface area contributed by atoms with Crippen LogP contribution in [-0.4, -0.2) is 11.7 Å². The van der Waals surface area contributed by atoms with E-state index in [4.69, 9.17) is 0 Å². The maximum absolute atomic E-state index is 13.1. The third-order valence-corrected chi connectivity index (χ3v) is 5.14. The highest BCUT2D eigenvalue weighted by Gasteiger charge is 2.45. The van der Waals surface area contributed by atoms with E-state index < -0.39 is 0 Å². The minimum Gasteiger partial charge on any atom is -0.357 e. The Morgan fingerprint density at radius 2 is 1.75 bits per heavy atom. The monoisotopic (exact) mass is 316 g/mol. The van der Waals surface area contributed by atoms with E-state index in [0.29, 0.717) is 12.0 Å². The van der Waals surface area contributed by atoms with E-state index in [-0.39, 0.29) is 17.7 Å². The lowest BCUT2D eigenvalue weighted by Crippen LogP contribution is -2.31. The predicted molar refractivity (Wildman–Crippen MR) is 91.9 cm³/mol. The maximum Gasteiger partial charge on any atom is 0.259 e. The highest BCUT2D eigenvalue weighted by Crippen LogP contribution is 2.49. The number of hydrogen-bond acceptors (Lipinski definition) is 3. The van der Waals surface area contributed by atoms with E-state index in [0.717, 1.165) is 41.1 Å². The molecule has 118 valence electrons. The predicted octanol–water partition coefficient (Wildman–Crippen LogP) is 3.82. The van der Waals surface area contributed by atoms with Crippen LogP contribution in [0, 0.1) is 0 Å². The zero-order valence-electron chi connectivity index (χ0n) is 13.1. The van der Waals surface area contributed by atoms with Crippen molar-refractivity contribution in [2.24, 2.45) is 0 Å². The molecule has 5 rings (SSSR count). The third-order valence-electron chi connectivity index (χ3n) is 5.14. The van der Waals surface area contributed by atoms with Crippen molar-refractivity contribution >= 4 is 23.1 Å². The van der Waals surface area contributed by atoms with Gasteiger partial charge in [-0.3, -0.25) is 14.5 Å². The number of hydrogen-bond donors (Lipinski definition) is 1. The maximum atomic E-state index is 13.1. The molecule has 1 N–H and O–H groups in total. The molecule has 4 heteroatoms. The van der Waals surface area contributed by atoms with Crippen LogP contribution in [0.2, 0.25) is 0 Å². The van der Waals surface area contributed by atoms with Crippen molar-refractivity contribution in [1.82, 2.24) is 0 Å². The fourth-order valence-corrected chi connectivity index (χ4v) is 4.11. The van der Waals surface area contributed by atoms with Gasteiger partial charge in [0.25, 0.3) is 5.91 Å². The van der Waals surface area contributed by atoms with Crippen molar-refractivity contribution in [3.8, 4) is 0 Å². The minimum atomic E-state index is -0.312. The smallest absolute Gasteiger partial charge is 0.259 e. The van der Waals surface area contributed by atoms with Crippen molar-refractivity contribution in [2.45, 2.75) is 25.3 Å². The molecule has 2 aliphatic heterocycles. The van der Waals surface area contributed by atoms with E-state index in [2.05, 4.69) is 5.32 Å². The quantitative estimate of drug-likeness (QED) is 0.804. The van der Waals surface area contributed by atoms with Crippen LogP contribution in [0.15, 0.2) is 59.8 Å². The summed E-state index contributed by atoms with van der Waals surface area (Å²) < 4.78 is 0. The van der Waals surface area contributed by atoms with Crippen molar-refractivity contribution in [3.63, 3.8) is 0 Å². The molecule has 0 bridgehead atoms. The molecule has 0 saturated heterocycles. The Morgan fingerprint density at radius 3 is 2.67 bits per heavy atom. The molecule has 1 amide bonds. The van der Waals surface area contributed by atoms with Gasteiger partial charge in [0, 0.05) is 23.3 Å². The van der Waals surface area contributed by atoms with Crippen LogP contribution in [-0.2, 0) is 4.79 Å². The average Bonchev–Trinajstić information content (AvgIpc) is 2.80. The van der Waals surface area contributed by atoms with Crippen LogP contribution in [0.4, 0.5) is 11.4 Å². The standard InChI is InChI=1S/C20H16N2O2/c23-17-11-5-9-15-18(17)19-12-6-1-2-7-13(12)20(24)22(19)16-10-4-3-8-14(16)21-15/h1-4,6-8,10,19,21H,5,9,11H2/t19-/m0/s1. The lowest BCUT2D eigenvalue weighted by molar-refractivity contribution is -0.116. The molecule has 0 saturated carbocycles. The van der Waals surface area contributed by atoms with Gasteiger partial charge in [0.1, 0.15) is 0 Å². The number of allylic oxidation sites excluding steroid dienone is 1. The summed E-state index contributed by atoms with van der Waals surface area (Å²) in [7, 11) is 0. The lowest BCUT2D eigenvalue weighted by Gasteiger charge is -2.27. The Hall–Kier alpha value is -2.88. The Balaban J connectivity index is 1.84. The number of anilines is 2. The normalized spacial score (nSPS) is 21.5. The molecule has 3 aliphatic rings. The second-order valence-electron chi connectivity index (χ2n) is 6.48. The molecule has 0 aromatic heterocycles. The first-order chi connectivity index (χ1) is 11.8. The molecule has 0 unspecified atom stereocenters. The van der Waals surface area contributed by atoms with Gasteiger partial charge >= 0.3 is 0 Å². The number of carbonyl (C=O) groups is 2. The number of amides is 1. The molecule has 1 atom stereocenters. The first-order valence-corrected chi connectivity index (χ1v) is 8.30.